The minimum Gasteiger partial charge on any atom is -0.502 e. The lowest BCUT2D eigenvalue weighted by molar-refractivity contribution is -0.118. The fourth-order valence-corrected chi connectivity index (χ4v) is 4.82. The summed E-state index contributed by atoms with van der Waals surface area (Å²) in [5.74, 6) is 6.06. The van der Waals surface area contributed by atoms with E-state index >= 15 is 0 Å². The fraction of sp³-hybridized carbons (Fsp3) is 0.559. The molecule has 1 aliphatic carbocycles. The molecule has 2 fully saturated rings. The van der Waals surface area contributed by atoms with E-state index in [0.717, 1.165) is 64.3 Å². The van der Waals surface area contributed by atoms with Gasteiger partial charge in [0.25, 0.3) is 5.91 Å². The number of piperidine rings is 1. The van der Waals surface area contributed by atoms with Crippen LogP contribution in [0.2, 0.25) is 0 Å². The Labute approximate surface area is 247 Å². The molecule has 1 saturated carbocycles. The first-order chi connectivity index (χ1) is 19.9. The molecule has 2 rings (SSSR count). The van der Waals surface area contributed by atoms with Crippen LogP contribution in [0.5, 0.6) is 0 Å². The minimum atomic E-state index is -0.833. The number of hydrogen-bond donors (Lipinski definition) is 3. The maximum atomic E-state index is 14.4. The molecule has 1 amide bonds. The smallest absolute Gasteiger partial charge is 0.251 e. The number of carbonyl (C=O) groups excluding carboxylic acids is 1. The molecule has 0 aromatic rings. The number of hydrogen-bond acceptors (Lipinski definition) is 5. The van der Waals surface area contributed by atoms with Crippen LogP contribution in [0.15, 0.2) is 72.7 Å². The molecule has 41 heavy (non-hydrogen) atoms. The van der Waals surface area contributed by atoms with Crippen molar-refractivity contribution in [3.63, 3.8) is 0 Å². The first-order valence-electron chi connectivity index (χ1n) is 15.1. The van der Waals surface area contributed by atoms with Crippen LogP contribution in [0.4, 0.5) is 4.39 Å². The third kappa shape index (κ3) is 13.4. The third-order valence-electron chi connectivity index (χ3n) is 7.46. The van der Waals surface area contributed by atoms with Crippen molar-refractivity contribution in [2.75, 3.05) is 33.8 Å². The second-order valence-corrected chi connectivity index (χ2v) is 10.9. The molecular weight excluding hydrogens is 515 g/mol. The average molecular weight is 567 g/mol. The van der Waals surface area contributed by atoms with Gasteiger partial charge in [-0.3, -0.25) is 4.79 Å². The van der Waals surface area contributed by atoms with Crippen molar-refractivity contribution < 1.29 is 13.9 Å². The van der Waals surface area contributed by atoms with Gasteiger partial charge < -0.3 is 25.6 Å². The number of allylic oxidation sites excluding steroid dienone is 5. The van der Waals surface area contributed by atoms with E-state index in [1.165, 1.54) is 5.57 Å². The lowest BCUT2D eigenvalue weighted by Crippen LogP contribution is -2.52. The van der Waals surface area contributed by atoms with Gasteiger partial charge >= 0.3 is 0 Å². The molecule has 1 saturated heterocycles. The summed E-state index contributed by atoms with van der Waals surface area (Å²) in [6, 6.07) is 0.303. The molecule has 1 heterocycles. The van der Waals surface area contributed by atoms with Gasteiger partial charge in [0.1, 0.15) is 12.4 Å². The van der Waals surface area contributed by atoms with E-state index in [2.05, 4.69) is 60.0 Å². The Bertz CT molecular complexity index is 1020. The van der Waals surface area contributed by atoms with Crippen LogP contribution in [0.1, 0.15) is 64.7 Å². The Kier molecular flexibility index (Phi) is 16.6. The summed E-state index contributed by atoms with van der Waals surface area (Å²) in [4.78, 5) is 14.5. The zero-order chi connectivity index (χ0) is 29.9. The molecule has 3 unspecified atom stereocenters. The SMILES string of the molecule is C=C/C(=C\C(=C\OC)NCC#C/C=C/C(=C/CCCC(C=C)NC1CCN(C)CC1F)CCC)C(=O)NC1CCC1. The van der Waals surface area contributed by atoms with Crippen LogP contribution in [-0.2, 0) is 9.53 Å². The number of amides is 1. The van der Waals surface area contributed by atoms with E-state index in [0.29, 0.717) is 24.4 Å². The average Bonchev–Trinajstić information content (AvgIpc) is 2.93. The Morgan fingerprint density at radius 2 is 2.07 bits per heavy atom. The van der Waals surface area contributed by atoms with Gasteiger partial charge in [0.05, 0.1) is 19.4 Å². The number of alkyl halides is 1. The number of halogens is 1. The van der Waals surface area contributed by atoms with Gasteiger partial charge in [0.2, 0.25) is 0 Å². The van der Waals surface area contributed by atoms with Crippen LogP contribution in [0.25, 0.3) is 0 Å². The summed E-state index contributed by atoms with van der Waals surface area (Å²) >= 11 is 0. The first-order valence-corrected chi connectivity index (χ1v) is 15.1. The normalized spacial score (nSPS) is 21.4. The number of likely N-dealkylation sites (tertiary alicyclic amines) is 1. The van der Waals surface area contributed by atoms with Crippen LogP contribution in [0, 0.1) is 11.8 Å². The van der Waals surface area contributed by atoms with E-state index in [1.807, 2.05) is 24.1 Å². The van der Waals surface area contributed by atoms with Crippen molar-refractivity contribution in [1.82, 2.24) is 20.9 Å². The standard InChI is InChI=1S/C34H51FN4O2/c1-6-15-27(17-11-12-18-29(8-3)37-33-21-23-39(4)25-32(33)35)16-10-9-13-22-36-31(26-41-5)24-28(7-2)34(40)38-30-19-14-20-30/h7-8,10,16-17,24,26,29-30,32-33,36-37H,2-3,6,11-12,14-15,18-23,25H2,1,4-5H3,(H,38,40)/b16-10+,27-17+,28-24+,31-26-. The molecule has 0 bridgehead atoms. The Hall–Kier alpha value is -3.08. The summed E-state index contributed by atoms with van der Waals surface area (Å²) in [7, 11) is 3.54. The molecule has 1 aliphatic heterocycles. The van der Waals surface area contributed by atoms with Gasteiger partial charge in [-0.05, 0) is 77.1 Å². The van der Waals surface area contributed by atoms with E-state index in [4.69, 9.17) is 4.74 Å². The van der Waals surface area contributed by atoms with E-state index < -0.39 is 6.17 Å². The number of ether oxygens (including phenoxy) is 1. The first kappa shape index (κ1) is 34.1. The van der Waals surface area contributed by atoms with Gasteiger partial charge in [-0.1, -0.05) is 61.6 Å². The van der Waals surface area contributed by atoms with Gasteiger partial charge in [-0.15, -0.1) is 6.58 Å². The maximum Gasteiger partial charge on any atom is 0.251 e. The lowest BCUT2D eigenvalue weighted by Gasteiger charge is -2.34. The highest BCUT2D eigenvalue weighted by atomic mass is 19.1. The number of rotatable bonds is 17. The van der Waals surface area contributed by atoms with Crippen molar-refractivity contribution >= 4 is 5.91 Å². The molecular formula is C34H51FN4O2. The van der Waals surface area contributed by atoms with Crippen molar-refractivity contribution in [1.29, 1.82) is 0 Å². The molecule has 0 spiro atoms. The third-order valence-corrected chi connectivity index (χ3v) is 7.46. The Morgan fingerprint density at radius 3 is 2.71 bits per heavy atom. The van der Waals surface area contributed by atoms with Crippen LogP contribution >= 0.6 is 0 Å². The molecule has 3 N–H and O–H groups in total. The number of carbonyl (C=O) groups is 1. The lowest BCUT2D eigenvalue weighted by atomic mass is 9.93. The van der Waals surface area contributed by atoms with Crippen LogP contribution in [-0.4, -0.2) is 68.9 Å². The van der Waals surface area contributed by atoms with Gasteiger partial charge in [-0.25, -0.2) is 4.39 Å². The Morgan fingerprint density at radius 1 is 1.27 bits per heavy atom. The summed E-state index contributed by atoms with van der Waals surface area (Å²) in [6.07, 6.45) is 21.2. The second-order valence-electron chi connectivity index (χ2n) is 10.9. The van der Waals surface area contributed by atoms with Crippen molar-refractivity contribution in [2.45, 2.75) is 89.0 Å². The monoisotopic (exact) mass is 566 g/mol. The van der Waals surface area contributed by atoms with E-state index in [9.17, 15) is 9.18 Å². The highest BCUT2D eigenvalue weighted by molar-refractivity contribution is 5.96. The van der Waals surface area contributed by atoms with E-state index in [-0.39, 0.29) is 24.0 Å². The zero-order valence-electron chi connectivity index (χ0n) is 25.4. The molecule has 0 radical (unpaired) electrons. The van der Waals surface area contributed by atoms with Gasteiger partial charge in [0, 0.05) is 30.2 Å². The van der Waals surface area contributed by atoms with Crippen LogP contribution < -0.4 is 16.0 Å². The fourth-order valence-electron chi connectivity index (χ4n) is 4.82. The summed E-state index contributed by atoms with van der Waals surface area (Å²) < 4.78 is 19.6. The van der Waals surface area contributed by atoms with Gasteiger partial charge in [0.15, 0.2) is 0 Å². The van der Waals surface area contributed by atoms with Gasteiger partial charge in [-0.2, -0.15) is 0 Å². The highest BCUT2D eigenvalue weighted by Gasteiger charge is 2.28. The topological polar surface area (TPSA) is 65.6 Å². The Balaban J connectivity index is 1.81. The maximum absolute atomic E-state index is 14.4. The highest BCUT2D eigenvalue weighted by Crippen LogP contribution is 2.19. The molecule has 226 valence electrons. The van der Waals surface area contributed by atoms with Crippen LogP contribution in [0.3, 0.4) is 0 Å². The molecule has 2 aliphatic rings. The minimum absolute atomic E-state index is 0.0889. The number of unbranched alkanes of at least 4 members (excludes halogenated alkanes) is 1. The van der Waals surface area contributed by atoms with Crippen molar-refractivity contribution in [2.24, 2.45) is 0 Å². The molecule has 6 nitrogen and oxygen atoms in total. The number of methoxy groups -OCH3 is 1. The second kappa shape index (κ2) is 19.9. The van der Waals surface area contributed by atoms with E-state index in [1.54, 1.807) is 25.5 Å². The largest absolute Gasteiger partial charge is 0.502 e. The predicted molar refractivity (Wildman–Crippen MR) is 169 cm³/mol. The molecule has 0 aromatic heterocycles. The predicted octanol–water partition coefficient (Wildman–Crippen LogP) is 5.49. The van der Waals surface area contributed by atoms with Crippen molar-refractivity contribution in [3.8, 4) is 11.8 Å². The molecule has 3 atom stereocenters. The number of nitrogens with zero attached hydrogens (tertiary/aromatic N) is 1. The molecule has 7 heteroatoms. The van der Waals surface area contributed by atoms with Crippen molar-refractivity contribution in [3.05, 3.63) is 72.7 Å². The summed E-state index contributed by atoms with van der Waals surface area (Å²) in [6.45, 7) is 11.7. The quantitative estimate of drug-likeness (QED) is 0.0543. The zero-order valence-corrected chi connectivity index (χ0v) is 25.4. The summed E-state index contributed by atoms with van der Waals surface area (Å²) in [5.41, 5.74) is 2.41. The summed E-state index contributed by atoms with van der Waals surface area (Å²) in [5, 5.41) is 9.69. The number of nitrogens with one attached hydrogen (secondary N) is 3. The molecule has 0 aromatic carbocycles.